The van der Waals surface area contributed by atoms with Crippen LogP contribution in [0.25, 0.3) is 0 Å². The Morgan fingerprint density at radius 1 is 1.22 bits per heavy atom. The number of hydrogen-bond acceptors (Lipinski definition) is 4. The minimum absolute atomic E-state index is 0.0292. The third-order valence-electron chi connectivity index (χ3n) is 4.94. The van der Waals surface area contributed by atoms with Crippen LogP contribution in [0.1, 0.15) is 19.8 Å². The number of carbonyl (C=O) groups is 1. The summed E-state index contributed by atoms with van der Waals surface area (Å²) in [5, 5.41) is 0. The smallest absolute Gasteiger partial charge is 0.228 e. The maximum atomic E-state index is 12.7. The number of ether oxygens (including phenoxy) is 2. The molecule has 0 radical (unpaired) electrons. The summed E-state index contributed by atoms with van der Waals surface area (Å²) in [5.41, 5.74) is 1.11. The van der Waals surface area contributed by atoms with Gasteiger partial charge in [0.25, 0.3) is 0 Å². The summed E-state index contributed by atoms with van der Waals surface area (Å²) in [4.78, 5) is 17.0. The summed E-state index contributed by atoms with van der Waals surface area (Å²) in [6.07, 6.45) is 1.98. The molecule has 0 aromatic heterocycles. The molecule has 2 saturated heterocycles. The van der Waals surface area contributed by atoms with Gasteiger partial charge in [0.05, 0.1) is 24.8 Å². The molecular formula is C18H26N2O3. The molecule has 2 heterocycles. The van der Waals surface area contributed by atoms with Crippen molar-refractivity contribution in [1.82, 2.24) is 4.90 Å². The van der Waals surface area contributed by atoms with Gasteiger partial charge in [-0.2, -0.15) is 0 Å². The van der Waals surface area contributed by atoms with Crippen molar-refractivity contribution < 1.29 is 14.3 Å². The summed E-state index contributed by atoms with van der Waals surface area (Å²) in [6, 6.07) is 8.06. The molecule has 0 unspecified atom stereocenters. The van der Waals surface area contributed by atoms with Crippen LogP contribution in [0.4, 0.5) is 5.69 Å². The number of anilines is 1. The van der Waals surface area contributed by atoms with Crippen molar-refractivity contribution in [2.75, 3.05) is 44.8 Å². The van der Waals surface area contributed by atoms with Crippen molar-refractivity contribution in [3.05, 3.63) is 24.3 Å². The Morgan fingerprint density at radius 2 is 1.96 bits per heavy atom. The Balaban J connectivity index is 1.61. The van der Waals surface area contributed by atoms with Gasteiger partial charge in [-0.15, -0.1) is 0 Å². The van der Waals surface area contributed by atoms with Crippen LogP contribution in [-0.4, -0.2) is 56.8 Å². The molecule has 0 bridgehead atoms. The lowest BCUT2D eigenvalue weighted by Gasteiger charge is -2.39. The monoisotopic (exact) mass is 318 g/mol. The van der Waals surface area contributed by atoms with Gasteiger partial charge in [0.15, 0.2) is 0 Å². The fraction of sp³-hybridized carbons (Fsp3) is 0.611. The van der Waals surface area contributed by atoms with Crippen LogP contribution in [0.15, 0.2) is 24.3 Å². The van der Waals surface area contributed by atoms with E-state index in [9.17, 15) is 4.79 Å². The lowest BCUT2D eigenvalue weighted by atomic mass is 9.93. The van der Waals surface area contributed by atoms with Crippen molar-refractivity contribution in [3.8, 4) is 5.75 Å². The van der Waals surface area contributed by atoms with Crippen molar-refractivity contribution in [3.63, 3.8) is 0 Å². The lowest BCUT2D eigenvalue weighted by Crippen LogP contribution is -2.52. The van der Waals surface area contributed by atoms with Crippen molar-refractivity contribution in [2.24, 2.45) is 5.92 Å². The van der Waals surface area contributed by atoms with E-state index in [4.69, 9.17) is 9.47 Å². The molecule has 2 aliphatic rings. The van der Waals surface area contributed by atoms with Crippen LogP contribution in [0.2, 0.25) is 0 Å². The SMILES string of the molecule is COc1ccccc1N1CCN(C(=O)[C@H]2CCCO[C@@H]2C)CC1. The van der Waals surface area contributed by atoms with Crippen LogP contribution in [0.3, 0.4) is 0 Å². The summed E-state index contributed by atoms with van der Waals surface area (Å²) in [6.45, 7) is 6.02. The molecule has 5 heteroatoms. The first-order valence-electron chi connectivity index (χ1n) is 8.49. The number of methoxy groups -OCH3 is 1. The zero-order chi connectivity index (χ0) is 16.2. The van der Waals surface area contributed by atoms with E-state index in [1.54, 1.807) is 7.11 Å². The van der Waals surface area contributed by atoms with Gasteiger partial charge in [0.1, 0.15) is 5.75 Å². The predicted octanol–water partition coefficient (Wildman–Crippen LogP) is 2.16. The molecule has 126 valence electrons. The van der Waals surface area contributed by atoms with Crippen LogP contribution >= 0.6 is 0 Å². The van der Waals surface area contributed by atoms with Crippen molar-refractivity contribution in [2.45, 2.75) is 25.9 Å². The number of carbonyl (C=O) groups excluding carboxylic acids is 1. The molecule has 2 aliphatic heterocycles. The molecule has 0 saturated carbocycles. The van der Waals surface area contributed by atoms with Gasteiger partial charge in [0.2, 0.25) is 5.91 Å². The second kappa shape index (κ2) is 7.21. The van der Waals surface area contributed by atoms with E-state index in [2.05, 4.69) is 11.0 Å². The zero-order valence-corrected chi connectivity index (χ0v) is 14.0. The lowest BCUT2D eigenvalue weighted by molar-refractivity contribution is -0.144. The van der Waals surface area contributed by atoms with E-state index in [0.29, 0.717) is 0 Å². The van der Waals surface area contributed by atoms with Crippen LogP contribution in [-0.2, 0) is 9.53 Å². The summed E-state index contributed by atoms with van der Waals surface area (Å²) >= 11 is 0. The number of nitrogens with zero attached hydrogens (tertiary/aromatic N) is 2. The van der Waals surface area contributed by atoms with E-state index >= 15 is 0 Å². The molecule has 2 atom stereocenters. The minimum atomic E-state index is 0.0292. The zero-order valence-electron chi connectivity index (χ0n) is 14.0. The maximum Gasteiger partial charge on any atom is 0.228 e. The van der Waals surface area contributed by atoms with Gasteiger partial charge >= 0.3 is 0 Å². The van der Waals surface area contributed by atoms with E-state index in [-0.39, 0.29) is 17.9 Å². The fourth-order valence-corrected chi connectivity index (χ4v) is 3.54. The number of para-hydroxylation sites is 2. The largest absolute Gasteiger partial charge is 0.495 e. The molecule has 5 nitrogen and oxygen atoms in total. The predicted molar refractivity (Wildman–Crippen MR) is 89.9 cm³/mol. The third-order valence-corrected chi connectivity index (χ3v) is 4.94. The minimum Gasteiger partial charge on any atom is -0.495 e. The first kappa shape index (κ1) is 16.1. The molecule has 0 spiro atoms. The normalized spacial score (nSPS) is 25.3. The molecule has 1 aromatic carbocycles. The highest BCUT2D eigenvalue weighted by Gasteiger charge is 2.33. The Kier molecular flexibility index (Phi) is 5.06. The molecule has 23 heavy (non-hydrogen) atoms. The van der Waals surface area contributed by atoms with Gasteiger partial charge in [-0.3, -0.25) is 4.79 Å². The van der Waals surface area contributed by atoms with Gasteiger partial charge in [-0.25, -0.2) is 0 Å². The summed E-state index contributed by atoms with van der Waals surface area (Å²) in [5.74, 6) is 1.18. The highest BCUT2D eigenvalue weighted by atomic mass is 16.5. The average Bonchev–Trinajstić information content (AvgIpc) is 2.61. The maximum absolute atomic E-state index is 12.7. The van der Waals surface area contributed by atoms with Crippen LogP contribution in [0.5, 0.6) is 5.75 Å². The van der Waals surface area contributed by atoms with E-state index in [1.165, 1.54) is 0 Å². The highest BCUT2D eigenvalue weighted by Crippen LogP contribution is 2.29. The van der Waals surface area contributed by atoms with Crippen LogP contribution in [0, 0.1) is 5.92 Å². The molecule has 0 N–H and O–H groups in total. The molecule has 1 aromatic rings. The molecule has 3 rings (SSSR count). The van der Waals surface area contributed by atoms with Crippen molar-refractivity contribution in [1.29, 1.82) is 0 Å². The second-order valence-corrected chi connectivity index (χ2v) is 6.31. The molecular weight excluding hydrogens is 292 g/mol. The summed E-state index contributed by atoms with van der Waals surface area (Å²) < 4.78 is 11.1. The van der Waals surface area contributed by atoms with E-state index in [0.717, 1.165) is 57.1 Å². The topological polar surface area (TPSA) is 42.0 Å². The summed E-state index contributed by atoms with van der Waals surface area (Å²) in [7, 11) is 1.70. The first-order chi connectivity index (χ1) is 11.2. The molecule has 2 fully saturated rings. The van der Waals surface area contributed by atoms with Gasteiger partial charge < -0.3 is 19.3 Å². The number of benzene rings is 1. The Morgan fingerprint density at radius 3 is 2.65 bits per heavy atom. The first-order valence-corrected chi connectivity index (χ1v) is 8.49. The quantitative estimate of drug-likeness (QED) is 0.856. The Hall–Kier alpha value is -1.75. The van der Waals surface area contributed by atoms with E-state index in [1.807, 2.05) is 30.0 Å². The van der Waals surface area contributed by atoms with Crippen molar-refractivity contribution >= 4 is 11.6 Å². The highest BCUT2D eigenvalue weighted by molar-refractivity contribution is 5.80. The van der Waals surface area contributed by atoms with Gasteiger partial charge in [0, 0.05) is 32.8 Å². The van der Waals surface area contributed by atoms with Gasteiger partial charge in [-0.05, 0) is 31.9 Å². The number of rotatable bonds is 3. The molecule has 0 aliphatic carbocycles. The van der Waals surface area contributed by atoms with Crippen LogP contribution < -0.4 is 9.64 Å². The average molecular weight is 318 g/mol. The third kappa shape index (κ3) is 3.44. The number of piperazine rings is 1. The van der Waals surface area contributed by atoms with Gasteiger partial charge in [-0.1, -0.05) is 12.1 Å². The Bertz CT molecular complexity index is 541. The fourth-order valence-electron chi connectivity index (χ4n) is 3.54. The molecule has 1 amide bonds. The Labute approximate surface area is 138 Å². The standard InChI is InChI=1S/C18H26N2O3/c1-14-15(6-5-13-23-14)18(21)20-11-9-19(10-12-20)16-7-3-4-8-17(16)22-2/h3-4,7-8,14-15H,5-6,9-13H2,1-2H3/t14-,15+/m1/s1. The second-order valence-electron chi connectivity index (χ2n) is 6.31. The number of hydrogen-bond donors (Lipinski definition) is 0. The van der Waals surface area contributed by atoms with E-state index < -0.39 is 0 Å². The number of amides is 1.